The van der Waals surface area contributed by atoms with E-state index in [2.05, 4.69) is 21.6 Å². The van der Waals surface area contributed by atoms with E-state index < -0.39 is 0 Å². The average Bonchev–Trinajstić information content (AvgIpc) is 3.03. The number of rotatable bonds is 3. The van der Waals surface area contributed by atoms with Crippen LogP contribution in [-0.4, -0.2) is 45.3 Å². The van der Waals surface area contributed by atoms with Gasteiger partial charge in [0.1, 0.15) is 0 Å². The third-order valence-electron chi connectivity index (χ3n) is 3.94. The third kappa shape index (κ3) is 2.94. The molecule has 20 heavy (non-hydrogen) atoms. The molecule has 2 aliphatic heterocycles. The number of amides is 1. The Bertz CT molecular complexity index is 466. The molecule has 1 aromatic carbocycles. The first kappa shape index (κ1) is 13.4. The highest BCUT2D eigenvalue weighted by Gasteiger charge is 2.23. The monoisotopic (exact) mass is 275 g/mol. The number of anilines is 2. The maximum atomic E-state index is 12.3. The van der Waals surface area contributed by atoms with Crippen molar-refractivity contribution in [2.45, 2.75) is 6.42 Å². The maximum Gasteiger partial charge on any atom is 0.228 e. The van der Waals surface area contributed by atoms with Gasteiger partial charge in [0.05, 0.1) is 30.5 Å². The number of para-hydroxylation sites is 2. The van der Waals surface area contributed by atoms with E-state index in [1.54, 1.807) is 0 Å². The number of ether oxygens (including phenoxy) is 1. The summed E-state index contributed by atoms with van der Waals surface area (Å²) in [6.45, 7) is 4.95. The lowest BCUT2D eigenvalue weighted by molar-refractivity contribution is -0.119. The summed E-state index contributed by atoms with van der Waals surface area (Å²) in [6.07, 6.45) is 0.922. The minimum Gasteiger partial charge on any atom is -0.378 e. The minimum absolute atomic E-state index is 0.0905. The molecule has 1 atom stereocenters. The van der Waals surface area contributed by atoms with Gasteiger partial charge in [-0.1, -0.05) is 12.1 Å². The minimum atomic E-state index is 0.0905. The van der Waals surface area contributed by atoms with E-state index in [-0.39, 0.29) is 11.8 Å². The predicted octanol–water partition coefficient (Wildman–Crippen LogP) is 1.07. The summed E-state index contributed by atoms with van der Waals surface area (Å²) in [5, 5.41) is 6.32. The van der Waals surface area contributed by atoms with Crippen LogP contribution < -0.4 is 15.5 Å². The summed E-state index contributed by atoms with van der Waals surface area (Å²) >= 11 is 0. The first-order valence-corrected chi connectivity index (χ1v) is 7.28. The molecule has 0 saturated carbocycles. The molecule has 0 aromatic heterocycles. The summed E-state index contributed by atoms with van der Waals surface area (Å²) in [6, 6.07) is 8.02. The zero-order valence-electron chi connectivity index (χ0n) is 11.6. The van der Waals surface area contributed by atoms with Gasteiger partial charge in [0.2, 0.25) is 5.91 Å². The number of carbonyl (C=O) groups excluding carboxylic acids is 1. The van der Waals surface area contributed by atoms with Crippen LogP contribution in [0, 0.1) is 5.92 Å². The number of nitrogens with one attached hydrogen (secondary N) is 2. The maximum absolute atomic E-state index is 12.3. The normalized spacial score (nSPS) is 22.8. The summed E-state index contributed by atoms with van der Waals surface area (Å²) in [5.41, 5.74) is 2.00. The quantitative estimate of drug-likeness (QED) is 0.866. The number of hydrogen-bond acceptors (Lipinski definition) is 4. The molecular weight excluding hydrogens is 254 g/mol. The van der Waals surface area contributed by atoms with Gasteiger partial charge in [0.15, 0.2) is 0 Å². The van der Waals surface area contributed by atoms with Gasteiger partial charge >= 0.3 is 0 Å². The van der Waals surface area contributed by atoms with E-state index in [0.717, 1.165) is 57.2 Å². The molecule has 2 N–H and O–H groups in total. The molecule has 5 heteroatoms. The lowest BCUT2D eigenvalue weighted by atomic mass is 10.1. The van der Waals surface area contributed by atoms with E-state index in [9.17, 15) is 4.79 Å². The number of nitrogens with zero attached hydrogens (tertiary/aromatic N) is 1. The molecule has 1 amide bonds. The number of hydrogen-bond donors (Lipinski definition) is 2. The predicted molar refractivity (Wildman–Crippen MR) is 79.1 cm³/mol. The lowest BCUT2D eigenvalue weighted by Gasteiger charge is -2.30. The molecule has 0 bridgehead atoms. The molecule has 2 aliphatic rings. The van der Waals surface area contributed by atoms with Crippen molar-refractivity contribution in [3.05, 3.63) is 24.3 Å². The second-order valence-electron chi connectivity index (χ2n) is 5.30. The summed E-state index contributed by atoms with van der Waals surface area (Å²) < 4.78 is 5.39. The SMILES string of the molecule is O=C(Nc1ccccc1N1CCOCC1)C1CCNC1. The van der Waals surface area contributed by atoms with Crippen LogP contribution in [0.3, 0.4) is 0 Å². The smallest absolute Gasteiger partial charge is 0.228 e. The fraction of sp³-hybridized carbons (Fsp3) is 0.533. The van der Waals surface area contributed by atoms with Crippen LogP contribution in [0.5, 0.6) is 0 Å². The van der Waals surface area contributed by atoms with E-state index in [4.69, 9.17) is 4.74 Å². The van der Waals surface area contributed by atoms with Crippen LogP contribution >= 0.6 is 0 Å². The highest BCUT2D eigenvalue weighted by molar-refractivity contribution is 5.96. The molecule has 0 spiro atoms. The van der Waals surface area contributed by atoms with Crippen molar-refractivity contribution in [1.29, 1.82) is 0 Å². The van der Waals surface area contributed by atoms with E-state index in [1.165, 1.54) is 0 Å². The Morgan fingerprint density at radius 3 is 2.85 bits per heavy atom. The highest BCUT2D eigenvalue weighted by Crippen LogP contribution is 2.27. The second-order valence-corrected chi connectivity index (χ2v) is 5.30. The van der Waals surface area contributed by atoms with Crippen molar-refractivity contribution in [3.8, 4) is 0 Å². The molecule has 5 nitrogen and oxygen atoms in total. The zero-order chi connectivity index (χ0) is 13.8. The first-order valence-electron chi connectivity index (χ1n) is 7.28. The Morgan fingerprint density at radius 2 is 2.10 bits per heavy atom. The number of morpholine rings is 1. The van der Waals surface area contributed by atoms with Crippen molar-refractivity contribution < 1.29 is 9.53 Å². The molecule has 2 heterocycles. The Labute approximate surface area is 119 Å². The van der Waals surface area contributed by atoms with Gasteiger partial charge < -0.3 is 20.3 Å². The molecule has 0 aliphatic carbocycles. The third-order valence-corrected chi connectivity index (χ3v) is 3.94. The molecule has 1 unspecified atom stereocenters. The second kappa shape index (κ2) is 6.24. The molecule has 3 rings (SSSR count). The Balaban J connectivity index is 1.73. The molecule has 0 radical (unpaired) electrons. The van der Waals surface area contributed by atoms with Crippen molar-refractivity contribution in [2.24, 2.45) is 5.92 Å². The van der Waals surface area contributed by atoms with Crippen LogP contribution in [-0.2, 0) is 9.53 Å². The van der Waals surface area contributed by atoms with Crippen LogP contribution in [0.4, 0.5) is 11.4 Å². The zero-order valence-corrected chi connectivity index (χ0v) is 11.6. The standard InChI is InChI=1S/C15H21N3O2/c19-15(12-5-6-16-11-12)17-13-3-1-2-4-14(13)18-7-9-20-10-8-18/h1-4,12,16H,5-11H2,(H,17,19). The van der Waals surface area contributed by atoms with Gasteiger partial charge in [0, 0.05) is 19.6 Å². The molecule has 2 saturated heterocycles. The van der Waals surface area contributed by atoms with E-state index in [0.29, 0.717) is 0 Å². The van der Waals surface area contributed by atoms with Crippen molar-refractivity contribution >= 4 is 17.3 Å². The Hall–Kier alpha value is -1.59. The fourth-order valence-corrected chi connectivity index (χ4v) is 2.77. The molecule has 108 valence electrons. The largest absolute Gasteiger partial charge is 0.378 e. The van der Waals surface area contributed by atoms with Gasteiger partial charge in [0.25, 0.3) is 0 Å². The van der Waals surface area contributed by atoms with Crippen molar-refractivity contribution in [1.82, 2.24) is 5.32 Å². The van der Waals surface area contributed by atoms with Gasteiger partial charge in [-0.3, -0.25) is 4.79 Å². The van der Waals surface area contributed by atoms with Crippen LogP contribution in [0.25, 0.3) is 0 Å². The summed E-state index contributed by atoms with van der Waals surface area (Å²) in [7, 11) is 0. The number of carbonyl (C=O) groups is 1. The lowest BCUT2D eigenvalue weighted by Crippen LogP contribution is -2.37. The molecule has 2 fully saturated rings. The molecular formula is C15H21N3O2. The van der Waals surface area contributed by atoms with Gasteiger partial charge in [-0.05, 0) is 25.1 Å². The highest BCUT2D eigenvalue weighted by atomic mass is 16.5. The summed E-state index contributed by atoms with van der Waals surface area (Å²) in [4.78, 5) is 14.5. The van der Waals surface area contributed by atoms with Crippen molar-refractivity contribution in [3.63, 3.8) is 0 Å². The van der Waals surface area contributed by atoms with Crippen molar-refractivity contribution in [2.75, 3.05) is 49.6 Å². The molecule has 1 aromatic rings. The van der Waals surface area contributed by atoms with Crippen LogP contribution in [0.2, 0.25) is 0 Å². The topological polar surface area (TPSA) is 53.6 Å². The fourth-order valence-electron chi connectivity index (χ4n) is 2.77. The van der Waals surface area contributed by atoms with E-state index >= 15 is 0 Å². The average molecular weight is 275 g/mol. The Morgan fingerprint density at radius 1 is 1.30 bits per heavy atom. The van der Waals surface area contributed by atoms with Gasteiger partial charge in [-0.25, -0.2) is 0 Å². The van der Waals surface area contributed by atoms with Crippen LogP contribution in [0.1, 0.15) is 6.42 Å². The first-order chi connectivity index (χ1) is 9.84. The number of benzene rings is 1. The van der Waals surface area contributed by atoms with Gasteiger partial charge in [-0.15, -0.1) is 0 Å². The van der Waals surface area contributed by atoms with Crippen LogP contribution in [0.15, 0.2) is 24.3 Å². The van der Waals surface area contributed by atoms with E-state index in [1.807, 2.05) is 18.2 Å². The summed E-state index contributed by atoms with van der Waals surface area (Å²) in [5.74, 6) is 0.212. The Kier molecular flexibility index (Phi) is 4.18. The van der Waals surface area contributed by atoms with Gasteiger partial charge in [-0.2, -0.15) is 0 Å².